The minimum Gasteiger partial charge on any atom is -0.338 e. The molecule has 2 amide bonds. The quantitative estimate of drug-likeness (QED) is 0.840. The van der Waals surface area contributed by atoms with Crippen molar-refractivity contribution in [1.29, 1.82) is 0 Å². The molecule has 4 aliphatic rings. The summed E-state index contributed by atoms with van der Waals surface area (Å²) >= 11 is 0. The predicted molar refractivity (Wildman–Crippen MR) is 94.3 cm³/mol. The van der Waals surface area contributed by atoms with Crippen molar-refractivity contribution < 1.29 is 9.59 Å². The molecule has 3 fully saturated rings. The summed E-state index contributed by atoms with van der Waals surface area (Å²) in [5.41, 5.74) is 3.00. The summed E-state index contributed by atoms with van der Waals surface area (Å²) < 4.78 is 1.89. The zero-order chi connectivity index (χ0) is 17.6. The number of nitrogens with zero attached hydrogens (tertiary/aromatic N) is 4. The number of hydrogen-bond donors (Lipinski definition) is 0. The zero-order valence-corrected chi connectivity index (χ0v) is 15.3. The van der Waals surface area contributed by atoms with Crippen molar-refractivity contribution in [1.82, 2.24) is 19.6 Å². The molecule has 3 saturated heterocycles. The van der Waals surface area contributed by atoms with Gasteiger partial charge in [0.25, 0.3) is 5.91 Å². The first kappa shape index (κ1) is 16.6. The van der Waals surface area contributed by atoms with Crippen LogP contribution in [0, 0.1) is 5.92 Å². The van der Waals surface area contributed by atoms with E-state index in [0.29, 0.717) is 18.8 Å². The van der Waals surface area contributed by atoms with Crippen LogP contribution in [0.1, 0.15) is 60.8 Å². The number of hydrogen-bond acceptors (Lipinski definition) is 3. The fourth-order valence-electron chi connectivity index (χ4n) is 4.83. The summed E-state index contributed by atoms with van der Waals surface area (Å²) in [7, 11) is 1.94. The minimum absolute atomic E-state index is 0.0294. The summed E-state index contributed by atoms with van der Waals surface area (Å²) in [6, 6.07) is 0.176. The molecule has 1 aromatic rings. The van der Waals surface area contributed by atoms with Gasteiger partial charge in [-0.2, -0.15) is 5.10 Å². The van der Waals surface area contributed by atoms with Crippen molar-refractivity contribution in [3.05, 3.63) is 17.0 Å². The fraction of sp³-hybridized carbons (Fsp3) is 0.737. The van der Waals surface area contributed by atoms with Gasteiger partial charge in [-0.25, -0.2) is 0 Å². The highest BCUT2D eigenvalue weighted by molar-refractivity contribution is 5.95. The van der Waals surface area contributed by atoms with Crippen LogP contribution >= 0.6 is 0 Å². The Labute approximate surface area is 149 Å². The van der Waals surface area contributed by atoms with Crippen LogP contribution in [0.5, 0.6) is 0 Å². The Morgan fingerprint density at radius 2 is 2.00 bits per heavy atom. The van der Waals surface area contributed by atoms with E-state index in [0.717, 1.165) is 50.6 Å². The maximum absolute atomic E-state index is 13.2. The molecule has 2 bridgehead atoms. The second-order valence-corrected chi connectivity index (χ2v) is 7.77. The van der Waals surface area contributed by atoms with E-state index in [4.69, 9.17) is 0 Å². The Kier molecular flexibility index (Phi) is 4.29. The second kappa shape index (κ2) is 6.46. The Hall–Kier alpha value is -1.85. The predicted octanol–water partition coefficient (Wildman–Crippen LogP) is 1.77. The molecule has 1 aliphatic carbocycles. The number of carbonyl (C=O) groups is 2. The van der Waals surface area contributed by atoms with E-state index in [9.17, 15) is 9.59 Å². The van der Waals surface area contributed by atoms with Gasteiger partial charge in [0.1, 0.15) is 0 Å². The van der Waals surface area contributed by atoms with Gasteiger partial charge in [0, 0.05) is 44.0 Å². The van der Waals surface area contributed by atoms with E-state index in [1.807, 2.05) is 21.5 Å². The molecule has 5 rings (SSSR count). The first-order chi connectivity index (χ1) is 12.1. The lowest BCUT2D eigenvalue weighted by molar-refractivity contribution is -0.139. The van der Waals surface area contributed by atoms with Gasteiger partial charge >= 0.3 is 0 Å². The van der Waals surface area contributed by atoms with Gasteiger partial charge in [-0.15, -0.1) is 0 Å². The Morgan fingerprint density at radius 1 is 1.20 bits per heavy atom. The Bertz CT molecular complexity index is 696. The van der Waals surface area contributed by atoms with Crippen LogP contribution in [0.25, 0.3) is 0 Å². The summed E-state index contributed by atoms with van der Waals surface area (Å²) in [6.45, 7) is 4.13. The van der Waals surface area contributed by atoms with Crippen molar-refractivity contribution in [2.45, 2.75) is 57.9 Å². The van der Waals surface area contributed by atoms with Gasteiger partial charge < -0.3 is 9.80 Å². The summed E-state index contributed by atoms with van der Waals surface area (Å²) in [4.78, 5) is 29.9. The minimum atomic E-state index is -0.0335. The van der Waals surface area contributed by atoms with E-state index in [2.05, 4.69) is 12.0 Å². The van der Waals surface area contributed by atoms with Crippen LogP contribution in [0.3, 0.4) is 0 Å². The average Bonchev–Trinajstić information content (AvgIpc) is 2.76. The van der Waals surface area contributed by atoms with Crippen molar-refractivity contribution in [2.24, 2.45) is 13.0 Å². The molecule has 0 spiro atoms. The first-order valence-electron chi connectivity index (χ1n) is 9.74. The number of aryl methyl sites for hydroxylation is 1. The summed E-state index contributed by atoms with van der Waals surface area (Å²) in [5.74, 6) is 0.243. The third kappa shape index (κ3) is 2.75. The highest BCUT2D eigenvalue weighted by atomic mass is 16.2. The largest absolute Gasteiger partial charge is 0.338 e. The van der Waals surface area contributed by atoms with E-state index in [1.165, 1.54) is 12.1 Å². The molecule has 1 aromatic heterocycles. The molecule has 0 aromatic carbocycles. The molecule has 0 N–H and O–H groups in total. The van der Waals surface area contributed by atoms with Crippen LogP contribution in [0.4, 0.5) is 0 Å². The summed E-state index contributed by atoms with van der Waals surface area (Å²) in [5, 5.41) is 4.57. The number of piperidine rings is 1. The molecule has 25 heavy (non-hydrogen) atoms. The van der Waals surface area contributed by atoms with Gasteiger partial charge in [0.05, 0.1) is 5.92 Å². The van der Waals surface area contributed by atoms with Crippen molar-refractivity contribution in [2.75, 3.05) is 19.6 Å². The molecule has 4 heterocycles. The van der Waals surface area contributed by atoms with E-state index >= 15 is 0 Å². The van der Waals surface area contributed by atoms with Gasteiger partial charge in [-0.3, -0.25) is 14.3 Å². The van der Waals surface area contributed by atoms with Crippen LogP contribution in [-0.2, 0) is 24.7 Å². The lowest BCUT2D eigenvalue weighted by Crippen LogP contribution is -2.48. The molecule has 6 heteroatoms. The van der Waals surface area contributed by atoms with Crippen LogP contribution in [0.2, 0.25) is 0 Å². The third-order valence-corrected chi connectivity index (χ3v) is 6.11. The second-order valence-electron chi connectivity index (χ2n) is 7.77. The lowest BCUT2D eigenvalue weighted by Gasteiger charge is -2.35. The Balaban J connectivity index is 1.61. The van der Waals surface area contributed by atoms with Crippen LogP contribution in [0.15, 0.2) is 0 Å². The number of fused-ring (bicyclic) bond motifs is 5. The maximum atomic E-state index is 13.2. The molecule has 136 valence electrons. The maximum Gasteiger partial charge on any atom is 0.274 e. The first-order valence-corrected chi connectivity index (χ1v) is 9.74. The summed E-state index contributed by atoms with van der Waals surface area (Å²) in [6.07, 6.45) is 7.17. The zero-order valence-electron chi connectivity index (χ0n) is 15.3. The Morgan fingerprint density at radius 3 is 2.80 bits per heavy atom. The topological polar surface area (TPSA) is 58.4 Å². The highest BCUT2D eigenvalue weighted by Gasteiger charge is 2.42. The molecule has 0 radical (unpaired) electrons. The molecule has 0 unspecified atom stereocenters. The molecule has 6 nitrogen and oxygen atoms in total. The van der Waals surface area contributed by atoms with Crippen molar-refractivity contribution in [3.63, 3.8) is 0 Å². The van der Waals surface area contributed by atoms with Gasteiger partial charge in [-0.05, 0) is 44.9 Å². The van der Waals surface area contributed by atoms with Crippen LogP contribution < -0.4 is 0 Å². The normalized spacial score (nSPS) is 25.9. The standard InChI is InChI=1S/C19H28N4O2/c1-3-10-23-14-9-8-13(18(23)24)11-22(12-14)19(25)17-15-6-4-5-7-16(15)21(2)20-17/h13-14H,3-12H2,1-2H3/t13-,14+/m0/s1. The van der Waals surface area contributed by atoms with Crippen molar-refractivity contribution in [3.8, 4) is 0 Å². The van der Waals surface area contributed by atoms with E-state index in [1.54, 1.807) is 0 Å². The molecule has 0 saturated carbocycles. The molecule has 2 atom stereocenters. The SMILES string of the molecule is CCCN1C(=O)[C@H]2CC[C@@H]1CN(C(=O)c1nn(C)c3c1CCCC3)C2. The smallest absolute Gasteiger partial charge is 0.274 e. The fourth-order valence-corrected chi connectivity index (χ4v) is 4.83. The van der Waals surface area contributed by atoms with Crippen molar-refractivity contribution >= 4 is 11.8 Å². The monoisotopic (exact) mass is 344 g/mol. The number of aromatic nitrogens is 2. The van der Waals surface area contributed by atoms with E-state index in [-0.39, 0.29) is 23.8 Å². The highest BCUT2D eigenvalue weighted by Crippen LogP contribution is 2.31. The van der Waals surface area contributed by atoms with Gasteiger partial charge in [0.15, 0.2) is 5.69 Å². The van der Waals surface area contributed by atoms with Gasteiger partial charge in [0.2, 0.25) is 5.91 Å². The third-order valence-electron chi connectivity index (χ3n) is 6.11. The molecular formula is C19H28N4O2. The number of rotatable bonds is 3. The van der Waals surface area contributed by atoms with E-state index < -0.39 is 0 Å². The van der Waals surface area contributed by atoms with Gasteiger partial charge in [-0.1, -0.05) is 6.92 Å². The molecule has 3 aliphatic heterocycles. The average molecular weight is 344 g/mol. The van der Waals surface area contributed by atoms with Crippen LogP contribution in [-0.4, -0.2) is 57.1 Å². The number of amides is 2. The lowest BCUT2D eigenvalue weighted by atomic mass is 9.94. The number of carbonyl (C=O) groups excluding carboxylic acids is 2. The molecular weight excluding hydrogens is 316 g/mol.